The van der Waals surface area contributed by atoms with Crippen molar-refractivity contribution in [1.29, 1.82) is 0 Å². The van der Waals surface area contributed by atoms with Gasteiger partial charge in [-0.25, -0.2) is 4.39 Å². The number of aliphatic hydroxyl groups is 1. The van der Waals surface area contributed by atoms with Gasteiger partial charge in [-0.1, -0.05) is 0 Å². The number of carbonyl (C=O) groups excluding carboxylic acids is 2. The summed E-state index contributed by atoms with van der Waals surface area (Å²) in [6, 6.07) is 5.38. The predicted molar refractivity (Wildman–Crippen MR) is 93.8 cm³/mol. The fraction of sp³-hybridized carbons (Fsp3) is 0.579. The smallest absolute Gasteiger partial charge is 0.223 e. The van der Waals surface area contributed by atoms with Crippen LogP contribution in [0.15, 0.2) is 24.3 Å². The van der Waals surface area contributed by atoms with Crippen LogP contribution in [0.3, 0.4) is 0 Å². The van der Waals surface area contributed by atoms with Crippen LogP contribution in [0.5, 0.6) is 0 Å². The van der Waals surface area contributed by atoms with Crippen LogP contribution < -0.4 is 0 Å². The summed E-state index contributed by atoms with van der Waals surface area (Å²) < 4.78 is 12.9. The number of likely N-dealkylation sites (tertiary alicyclic amines) is 1. The molecule has 0 aliphatic carbocycles. The number of rotatable bonds is 7. The maximum Gasteiger partial charge on any atom is 0.223 e. The maximum atomic E-state index is 12.9. The van der Waals surface area contributed by atoms with E-state index in [0.717, 1.165) is 13.0 Å². The van der Waals surface area contributed by atoms with Crippen molar-refractivity contribution >= 4 is 11.7 Å². The minimum absolute atomic E-state index is 0.0580. The van der Waals surface area contributed by atoms with Crippen LogP contribution in [0, 0.1) is 17.7 Å². The summed E-state index contributed by atoms with van der Waals surface area (Å²) in [7, 11) is 3.99. The quantitative estimate of drug-likeness (QED) is 0.762. The molecule has 1 aromatic carbocycles. The number of piperidine rings is 1. The van der Waals surface area contributed by atoms with Crippen LogP contribution >= 0.6 is 0 Å². The summed E-state index contributed by atoms with van der Waals surface area (Å²) in [6.45, 7) is 2.15. The molecule has 2 rings (SSSR count). The molecule has 1 heterocycles. The van der Waals surface area contributed by atoms with Gasteiger partial charge in [0.2, 0.25) is 5.91 Å². The molecule has 2 atom stereocenters. The van der Waals surface area contributed by atoms with Crippen molar-refractivity contribution in [2.24, 2.45) is 11.8 Å². The molecule has 0 saturated carbocycles. The SMILES string of the molecule is CN(C)C[C@H]1C[C@H](CO)CN(C(=O)CCC(=O)c2ccc(F)cc2)C1. The van der Waals surface area contributed by atoms with Gasteiger partial charge in [-0.05, 0) is 56.6 Å². The first-order valence-corrected chi connectivity index (χ1v) is 8.71. The Bertz CT molecular complexity index is 589. The minimum atomic E-state index is -0.386. The average Bonchev–Trinajstić information content (AvgIpc) is 2.59. The summed E-state index contributed by atoms with van der Waals surface area (Å²) >= 11 is 0. The highest BCUT2D eigenvalue weighted by Gasteiger charge is 2.29. The molecular weight excluding hydrogens is 323 g/mol. The summed E-state index contributed by atoms with van der Waals surface area (Å²) in [4.78, 5) is 28.5. The molecule has 138 valence electrons. The zero-order chi connectivity index (χ0) is 18.4. The molecule has 0 spiro atoms. The molecular formula is C19H27FN2O3. The monoisotopic (exact) mass is 350 g/mol. The molecule has 25 heavy (non-hydrogen) atoms. The number of aliphatic hydroxyl groups excluding tert-OH is 1. The van der Waals surface area contributed by atoms with Gasteiger partial charge in [-0.2, -0.15) is 0 Å². The van der Waals surface area contributed by atoms with Gasteiger partial charge in [-0.3, -0.25) is 9.59 Å². The van der Waals surface area contributed by atoms with Crippen LogP contribution in [0.2, 0.25) is 0 Å². The summed E-state index contributed by atoms with van der Waals surface area (Å²) in [6.07, 6.45) is 1.17. The standard InChI is InChI=1S/C19H27FN2O3/c1-21(2)10-14-9-15(13-23)12-22(11-14)19(25)8-7-18(24)16-3-5-17(20)6-4-16/h3-6,14-15,23H,7-13H2,1-2H3/t14-,15+/m1/s1. The Kier molecular flexibility index (Phi) is 7.08. The van der Waals surface area contributed by atoms with Gasteiger partial charge in [-0.15, -0.1) is 0 Å². The Hall–Kier alpha value is -1.79. The number of ketones is 1. The van der Waals surface area contributed by atoms with Crippen molar-refractivity contribution in [1.82, 2.24) is 9.80 Å². The highest BCUT2D eigenvalue weighted by atomic mass is 19.1. The highest BCUT2D eigenvalue weighted by Crippen LogP contribution is 2.23. The number of benzene rings is 1. The minimum Gasteiger partial charge on any atom is -0.396 e. The number of nitrogens with zero attached hydrogens (tertiary/aromatic N) is 2. The summed E-state index contributed by atoms with van der Waals surface area (Å²) in [5, 5.41) is 9.50. The summed E-state index contributed by atoms with van der Waals surface area (Å²) in [5.74, 6) is -0.178. The Balaban J connectivity index is 1.89. The van der Waals surface area contributed by atoms with Gasteiger partial charge < -0.3 is 14.9 Å². The lowest BCUT2D eigenvalue weighted by molar-refractivity contribution is -0.134. The van der Waals surface area contributed by atoms with Crippen molar-refractivity contribution in [2.45, 2.75) is 19.3 Å². The largest absolute Gasteiger partial charge is 0.396 e. The van der Waals surface area contributed by atoms with E-state index in [-0.39, 0.29) is 42.9 Å². The molecule has 1 N–H and O–H groups in total. The first-order valence-electron chi connectivity index (χ1n) is 8.71. The first-order chi connectivity index (χ1) is 11.9. The molecule has 5 nitrogen and oxygen atoms in total. The second-order valence-electron chi connectivity index (χ2n) is 7.14. The predicted octanol–water partition coefficient (Wildman–Crippen LogP) is 1.81. The molecule has 1 aliphatic rings. The van der Waals surface area contributed by atoms with Crippen molar-refractivity contribution < 1.29 is 19.1 Å². The van der Waals surface area contributed by atoms with Crippen molar-refractivity contribution in [3.05, 3.63) is 35.6 Å². The Morgan fingerprint density at radius 3 is 2.40 bits per heavy atom. The number of halogens is 1. The van der Waals surface area contributed by atoms with E-state index in [9.17, 15) is 19.1 Å². The van der Waals surface area contributed by atoms with E-state index in [1.165, 1.54) is 24.3 Å². The molecule has 6 heteroatoms. The lowest BCUT2D eigenvalue weighted by Crippen LogP contribution is -2.47. The first kappa shape index (κ1) is 19.5. The van der Waals surface area contributed by atoms with Gasteiger partial charge in [0.05, 0.1) is 0 Å². The maximum absolute atomic E-state index is 12.9. The lowest BCUT2D eigenvalue weighted by Gasteiger charge is -2.38. The molecule has 1 amide bonds. The number of Topliss-reactive ketones (excluding diaryl/α,β-unsaturated/α-hetero) is 1. The molecule has 1 aliphatic heterocycles. The van der Waals surface area contributed by atoms with E-state index in [0.29, 0.717) is 24.6 Å². The zero-order valence-corrected chi connectivity index (χ0v) is 14.9. The molecule has 1 fully saturated rings. The van der Waals surface area contributed by atoms with Gasteiger partial charge in [0.15, 0.2) is 5.78 Å². The van der Waals surface area contributed by atoms with E-state index in [2.05, 4.69) is 4.90 Å². The van der Waals surface area contributed by atoms with Crippen molar-refractivity contribution in [3.8, 4) is 0 Å². The molecule has 1 saturated heterocycles. The van der Waals surface area contributed by atoms with Crippen LogP contribution in [0.4, 0.5) is 4.39 Å². The Morgan fingerprint density at radius 2 is 1.80 bits per heavy atom. The van der Waals surface area contributed by atoms with Gasteiger partial charge in [0.1, 0.15) is 5.82 Å². The second-order valence-corrected chi connectivity index (χ2v) is 7.14. The number of hydrogen-bond acceptors (Lipinski definition) is 4. The van der Waals surface area contributed by atoms with Gasteiger partial charge in [0.25, 0.3) is 0 Å². The highest BCUT2D eigenvalue weighted by molar-refractivity contribution is 5.97. The Labute approximate surface area is 148 Å². The van der Waals surface area contributed by atoms with Crippen LogP contribution in [-0.4, -0.2) is 66.9 Å². The topological polar surface area (TPSA) is 60.9 Å². The van der Waals surface area contributed by atoms with Crippen LogP contribution in [-0.2, 0) is 4.79 Å². The van der Waals surface area contributed by atoms with E-state index in [1.807, 2.05) is 14.1 Å². The molecule has 1 aromatic rings. The molecule has 0 unspecified atom stereocenters. The fourth-order valence-electron chi connectivity index (χ4n) is 3.46. The fourth-order valence-corrected chi connectivity index (χ4v) is 3.46. The third-order valence-corrected chi connectivity index (χ3v) is 4.59. The van der Waals surface area contributed by atoms with Crippen molar-refractivity contribution in [3.63, 3.8) is 0 Å². The number of carbonyl (C=O) groups is 2. The molecule has 0 radical (unpaired) electrons. The number of hydrogen-bond donors (Lipinski definition) is 1. The van der Waals surface area contributed by atoms with E-state index in [4.69, 9.17) is 0 Å². The van der Waals surface area contributed by atoms with Crippen molar-refractivity contribution in [2.75, 3.05) is 40.3 Å². The third-order valence-electron chi connectivity index (χ3n) is 4.59. The lowest BCUT2D eigenvalue weighted by atomic mass is 9.89. The normalized spacial score (nSPS) is 20.8. The molecule has 0 aromatic heterocycles. The van der Waals surface area contributed by atoms with Crippen LogP contribution in [0.1, 0.15) is 29.6 Å². The second kappa shape index (κ2) is 9.06. The van der Waals surface area contributed by atoms with Gasteiger partial charge in [0, 0.05) is 44.6 Å². The van der Waals surface area contributed by atoms with E-state index < -0.39 is 0 Å². The van der Waals surface area contributed by atoms with Gasteiger partial charge >= 0.3 is 0 Å². The van der Waals surface area contributed by atoms with E-state index >= 15 is 0 Å². The number of amides is 1. The zero-order valence-electron chi connectivity index (χ0n) is 14.9. The summed E-state index contributed by atoms with van der Waals surface area (Å²) in [5.41, 5.74) is 0.423. The Morgan fingerprint density at radius 1 is 1.16 bits per heavy atom. The van der Waals surface area contributed by atoms with Crippen LogP contribution in [0.25, 0.3) is 0 Å². The van der Waals surface area contributed by atoms with E-state index in [1.54, 1.807) is 4.90 Å². The third kappa shape index (κ3) is 5.90. The molecule has 0 bridgehead atoms. The average molecular weight is 350 g/mol.